The molecule has 3 aliphatic carbocycles. The molecule has 4 rings (SSSR count). The van der Waals surface area contributed by atoms with Crippen LogP contribution in [0, 0.1) is 0 Å². The Bertz CT molecular complexity index is 831. The Morgan fingerprint density at radius 2 is 1.81 bits per heavy atom. The summed E-state index contributed by atoms with van der Waals surface area (Å²) in [5.74, 6) is 0. The lowest BCUT2D eigenvalue weighted by Gasteiger charge is -2.31. The van der Waals surface area contributed by atoms with E-state index in [-0.39, 0.29) is 6.04 Å². The van der Waals surface area contributed by atoms with Crippen molar-refractivity contribution in [1.29, 1.82) is 0 Å². The zero-order valence-electron chi connectivity index (χ0n) is 15.1. The number of rotatable bonds is 4. The van der Waals surface area contributed by atoms with Crippen molar-refractivity contribution in [2.75, 3.05) is 4.90 Å². The second-order valence-corrected chi connectivity index (χ2v) is 7.03. The molecule has 3 aliphatic rings. The lowest BCUT2D eigenvalue weighted by molar-refractivity contribution is 0.828. The van der Waals surface area contributed by atoms with E-state index in [1.807, 2.05) is 0 Å². The summed E-state index contributed by atoms with van der Waals surface area (Å²) in [5, 5.41) is 0. The molecule has 26 heavy (non-hydrogen) atoms. The van der Waals surface area contributed by atoms with Gasteiger partial charge in [0.2, 0.25) is 0 Å². The van der Waals surface area contributed by atoms with E-state index in [9.17, 15) is 0 Å². The van der Waals surface area contributed by atoms with Crippen LogP contribution in [0.1, 0.15) is 37.7 Å². The van der Waals surface area contributed by atoms with Gasteiger partial charge < -0.3 is 10.6 Å². The van der Waals surface area contributed by atoms with E-state index in [2.05, 4.69) is 83.8 Å². The van der Waals surface area contributed by atoms with Crippen molar-refractivity contribution < 1.29 is 0 Å². The maximum atomic E-state index is 5.94. The van der Waals surface area contributed by atoms with E-state index >= 15 is 0 Å². The quantitative estimate of drug-likeness (QED) is 0.768. The molecular formula is C24H26N2. The van der Waals surface area contributed by atoms with E-state index in [1.165, 1.54) is 28.2 Å². The second-order valence-electron chi connectivity index (χ2n) is 7.03. The van der Waals surface area contributed by atoms with Gasteiger partial charge in [-0.15, -0.1) is 0 Å². The molecule has 0 bridgehead atoms. The normalized spacial score (nSPS) is 21.9. The molecule has 2 nitrogen and oxygen atoms in total. The Kier molecular flexibility index (Phi) is 5.03. The van der Waals surface area contributed by atoms with Gasteiger partial charge in [0.15, 0.2) is 0 Å². The number of hydrogen-bond donors (Lipinski definition) is 1. The van der Waals surface area contributed by atoms with E-state index in [0.29, 0.717) is 0 Å². The third-order valence-corrected chi connectivity index (χ3v) is 5.10. The minimum absolute atomic E-state index is 0.157. The minimum Gasteiger partial charge on any atom is -0.324 e. The molecule has 0 aromatic heterocycles. The SMILES string of the molecule is NC1C=CC(c2ccc(N(C3=CCCC=C3)C3=CC=CCC3)cc2)=CC1. The summed E-state index contributed by atoms with van der Waals surface area (Å²) in [6.07, 6.45) is 25.3. The van der Waals surface area contributed by atoms with Crippen LogP contribution in [-0.4, -0.2) is 6.04 Å². The van der Waals surface area contributed by atoms with Gasteiger partial charge in [0, 0.05) is 23.1 Å². The Labute approximate surface area is 156 Å². The molecule has 1 aromatic rings. The number of hydrogen-bond acceptors (Lipinski definition) is 2. The average molecular weight is 342 g/mol. The molecule has 0 saturated heterocycles. The Balaban J connectivity index is 1.65. The van der Waals surface area contributed by atoms with Crippen LogP contribution < -0.4 is 10.6 Å². The monoisotopic (exact) mass is 342 g/mol. The molecule has 0 spiro atoms. The summed E-state index contributed by atoms with van der Waals surface area (Å²) < 4.78 is 0. The number of nitrogens with two attached hydrogens (primary N) is 1. The number of allylic oxidation sites excluding steroid dienone is 9. The van der Waals surface area contributed by atoms with Crippen LogP contribution in [0.4, 0.5) is 5.69 Å². The van der Waals surface area contributed by atoms with Crippen LogP contribution in [0.5, 0.6) is 0 Å². The van der Waals surface area contributed by atoms with Gasteiger partial charge in [0.1, 0.15) is 0 Å². The molecule has 0 heterocycles. The molecule has 132 valence electrons. The van der Waals surface area contributed by atoms with Gasteiger partial charge in [-0.25, -0.2) is 0 Å². The number of anilines is 1. The van der Waals surface area contributed by atoms with Crippen molar-refractivity contribution >= 4 is 11.3 Å². The van der Waals surface area contributed by atoms with Gasteiger partial charge in [-0.2, -0.15) is 0 Å². The molecule has 0 fully saturated rings. The third-order valence-electron chi connectivity index (χ3n) is 5.10. The van der Waals surface area contributed by atoms with Gasteiger partial charge in [-0.3, -0.25) is 0 Å². The minimum atomic E-state index is 0.157. The maximum Gasteiger partial charge on any atom is 0.0458 e. The predicted octanol–water partition coefficient (Wildman–Crippen LogP) is 5.63. The molecule has 2 heteroatoms. The fourth-order valence-electron chi connectivity index (χ4n) is 3.68. The Morgan fingerprint density at radius 3 is 2.46 bits per heavy atom. The smallest absolute Gasteiger partial charge is 0.0458 e. The van der Waals surface area contributed by atoms with Crippen LogP contribution in [0.15, 0.2) is 90.3 Å². The first-order valence-corrected chi connectivity index (χ1v) is 9.58. The van der Waals surface area contributed by atoms with Crippen molar-refractivity contribution in [3.63, 3.8) is 0 Å². The van der Waals surface area contributed by atoms with E-state index < -0.39 is 0 Å². The van der Waals surface area contributed by atoms with Crippen LogP contribution in [0.25, 0.3) is 5.57 Å². The average Bonchev–Trinajstić information content (AvgIpc) is 2.71. The lowest BCUT2D eigenvalue weighted by atomic mass is 9.97. The van der Waals surface area contributed by atoms with Crippen molar-refractivity contribution in [2.24, 2.45) is 5.73 Å². The van der Waals surface area contributed by atoms with Crippen molar-refractivity contribution in [3.8, 4) is 0 Å². The highest BCUT2D eigenvalue weighted by atomic mass is 15.2. The van der Waals surface area contributed by atoms with Gasteiger partial charge in [-0.1, -0.05) is 54.7 Å². The van der Waals surface area contributed by atoms with Crippen molar-refractivity contribution in [3.05, 3.63) is 95.9 Å². The Morgan fingerprint density at radius 1 is 0.923 bits per heavy atom. The summed E-state index contributed by atoms with van der Waals surface area (Å²) >= 11 is 0. The van der Waals surface area contributed by atoms with Crippen molar-refractivity contribution in [1.82, 2.24) is 0 Å². The zero-order valence-corrected chi connectivity index (χ0v) is 15.1. The first-order chi connectivity index (χ1) is 12.8. The third kappa shape index (κ3) is 3.66. The first kappa shape index (κ1) is 16.9. The standard InChI is InChI=1S/C24H26N2/c25-21-15-11-19(12-16-21)20-13-17-24(18-14-20)26(22-7-3-1-4-8-22)23-9-5-2-6-10-23/h1,3,5,7,9-15,17-18,21H,2,4,6,8,16,25H2. The maximum absolute atomic E-state index is 5.94. The molecule has 0 saturated carbocycles. The van der Waals surface area contributed by atoms with Gasteiger partial charge in [0.05, 0.1) is 0 Å². The Hall–Kier alpha value is -2.58. The fourth-order valence-corrected chi connectivity index (χ4v) is 3.68. The highest BCUT2D eigenvalue weighted by Crippen LogP contribution is 2.32. The molecule has 0 aliphatic heterocycles. The predicted molar refractivity (Wildman–Crippen MR) is 112 cm³/mol. The molecule has 1 aromatic carbocycles. The van der Waals surface area contributed by atoms with Gasteiger partial charge >= 0.3 is 0 Å². The second kappa shape index (κ2) is 7.76. The summed E-state index contributed by atoms with van der Waals surface area (Å²) in [5.41, 5.74) is 12.3. The van der Waals surface area contributed by atoms with Crippen LogP contribution >= 0.6 is 0 Å². The summed E-state index contributed by atoms with van der Waals surface area (Å²) in [4.78, 5) is 2.41. The number of benzene rings is 1. The summed E-state index contributed by atoms with van der Waals surface area (Å²) in [6, 6.07) is 9.08. The molecular weight excluding hydrogens is 316 g/mol. The zero-order chi connectivity index (χ0) is 17.8. The summed E-state index contributed by atoms with van der Waals surface area (Å²) in [6.45, 7) is 0. The van der Waals surface area contributed by atoms with E-state index in [4.69, 9.17) is 5.73 Å². The molecule has 2 N–H and O–H groups in total. The topological polar surface area (TPSA) is 29.3 Å². The van der Waals surface area contributed by atoms with Crippen LogP contribution in [0.3, 0.4) is 0 Å². The van der Waals surface area contributed by atoms with E-state index in [1.54, 1.807) is 0 Å². The lowest BCUT2D eigenvalue weighted by Crippen LogP contribution is -2.22. The fraction of sp³-hybridized carbons (Fsp3) is 0.250. The highest BCUT2D eigenvalue weighted by Gasteiger charge is 2.17. The van der Waals surface area contributed by atoms with Gasteiger partial charge in [-0.05, 0) is 67.5 Å². The first-order valence-electron chi connectivity index (χ1n) is 9.58. The van der Waals surface area contributed by atoms with Crippen molar-refractivity contribution in [2.45, 2.75) is 38.1 Å². The van der Waals surface area contributed by atoms with Crippen LogP contribution in [0.2, 0.25) is 0 Å². The number of nitrogens with zero attached hydrogens (tertiary/aromatic N) is 1. The molecule has 1 atom stereocenters. The largest absolute Gasteiger partial charge is 0.324 e. The summed E-state index contributed by atoms with van der Waals surface area (Å²) in [7, 11) is 0. The molecule has 0 amide bonds. The van der Waals surface area contributed by atoms with Gasteiger partial charge in [0.25, 0.3) is 0 Å². The highest BCUT2D eigenvalue weighted by molar-refractivity contribution is 5.76. The molecule has 0 radical (unpaired) electrons. The van der Waals surface area contributed by atoms with E-state index in [0.717, 1.165) is 32.1 Å². The van der Waals surface area contributed by atoms with Crippen LogP contribution in [-0.2, 0) is 0 Å². The molecule has 1 unspecified atom stereocenters.